The smallest absolute Gasteiger partial charge is 0.317 e. The van der Waals surface area contributed by atoms with Crippen LogP contribution in [0.25, 0.3) is 0 Å². The SMILES string of the molecule is CNC(CCC(F)(F)F)CC1Cc2ccccc21. The lowest BCUT2D eigenvalue weighted by Gasteiger charge is -2.33. The molecule has 1 aromatic carbocycles. The molecule has 0 spiro atoms. The molecule has 1 N–H and O–H groups in total. The lowest BCUT2D eigenvalue weighted by atomic mass is 9.74. The van der Waals surface area contributed by atoms with Crippen molar-refractivity contribution in [2.45, 2.75) is 43.8 Å². The van der Waals surface area contributed by atoms with Crippen molar-refractivity contribution in [1.82, 2.24) is 5.32 Å². The molecule has 0 fully saturated rings. The summed E-state index contributed by atoms with van der Waals surface area (Å²) < 4.78 is 36.6. The van der Waals surface area contributed by atoms with Crippen molar-refractivity contribution in [2.75, 3.05) is 7.05 Å². The summed E-state index contributed by atoms with van der Waals surface area (Å²) in [5.41, 5.74) is 2.65. The van der Waals surface area contributed by atoms with Crippen molar-refractivity contribution in [2.24, 2.45) is 0 Å². The Hall–Kier alpha value is -1.03. The van der Waals surface area contributed by atoms with Gasteiger partial charge in [0, 0.05) is 12.5 Å². The van der Waals surface area contributed by atoms with Crippen LogP contribution < -0.4 is 5.32 Å². The van der Waals surface area contributed by atoms with Crippen molar-refractivity contribution in [1.29, 1.82) is 0 Å². The number of hydrogen-bond donors (Lipinski definition) is 1. The second kappa shape index (κ2) is 5.31. The standard InChI is InChI=1S/C14H18F3N/c1-18-12(6-7-14(15,16)17)9-11-8-10-4-2-3-5-13(10)11/h2-5,11-12,18H,6-9H2,1H3. The Labute approximate surface area is 105 Å². The van der Waals surface area contributed by atoms with Gasteiger partial charge in [-0.05, 0) is 43.4 Å². The first-order chi connectivity index (χ1) is 8.49. The van der Waals surface area contributed by atoms with Crippen LogP contribution >= 0.6 is 0 Å². The molecule has 2 rings (SSSR count). The van der Waals surface area contributed by atoms with Gasteiger partial charge in [0.2, 0.25) is 0 Å². The monoisotopic (exact) mass is 257 g/mol. The Kier molecular flexibility index (Phi) is 3.95. The van der Waals surface area contributed by atoms with Crippen LogP contribution in [0.5, 0.6) is 0 Å². The topological polar surface area (TPSA) is 12.0 Å². The molecule has 100 valence electrons. The van der Waals surface area contributed by atoms with Crippen LogP contribution in [0.2, 0.25) is 0 Å². The van der Waals surface area contributed by atoms with Gasteiger partial charge in [-0.25, -0.2) is 0 Å². The first-order valence-corrected chi connectivity index (χ1v) is 6.31. The Morgan fingerprint density at radius 1 is 1.33 bits per heavy atom. The van der Waals surface area contributed by atoms with E-state index in [1.165, 1.54) is 11.1 Å². The maximum absolute atomic E-state index is 12.2. The Balaban J connectivity index is 1.86. The molecule has 0 bridgehead atoms. The van der Waals surface area contributed by atoms with E-state index >= 15 is 0 Å². The van der Waals surface area contributed by atoms with E-state index in [-0.39, 0.29) is 12.5 Å². The molecule has 2 atom stereocenters. The quantitative estimate of drug-likeness (QED) is 0.849. The summed E-state index contributed by atoms with van der Waals surface area (Å²) in [5, 5.41) is 3.00. The van der Waals surface area contributed by atoms with Crippen LogP contribution in [0.1, 0.15) is 36.3 Å². The largest absolute Gasteiger partial charge is 0.389 e. The molecule has 0 aliphatic heterocycles. The van der Waals surface area contributed by atoms with Gasteiger partial charge < -0.3 is 5.32 Å². The van der Waals surface area contributed by atoms with Gasteiger partial charge in [0.05, 0.1) is 0 Å². The van der Waals surface area contributed by atoms with Crippen molar-refractivity contribution in [3.8, 4) is 0 Å². The third-order valence-corrected chi connectivity index (χ3v) is 3.71. The summed E-state index contributed by atoms with van der Waals surface area (Å²) >= 11 is 0. The number of nitrogens with one attached hydrogen (secondary N) is 1. The number of alkyl halides is 3. The van der Waals surface area contributed by atoms with Crippen LogP contribution in [-0.2, 0) is 6.42 Å². The molecule has 4 heteroatoms. The lowest BCUT2D eigenvalue weighted by Crippen LogP contribution is -2.32. The molecule has 1 nitrogen and oxygen atoms in total. The Morgan fingerprint density at radius 3 is 2.67 bits per heavy atom. The third kappa shape index (κ3) is 3.25. The lowest BCUT2D eigenvalue weighted by molar-refractivity contribution is -0.136. The van der Waals surface area contributed by atoms with Crippen LogP contribution in [-0.4, -0.2) is 19.3 Å². The fourth-order valence-corrected chi connectivity index (χ4v) is 2.63. The third-order valence-electron chi connectivity index (χ3n) is 3.71. The summed E-state index contributed by atoms with van der Waals surface area (Å²) in [6, 6.07) is 8.13. The highest BCUT2D eigenvalue weighted by atomic mass is 19.4. The first-order valence-electron chi connectivity index (χ1n) is 6.31. The van der Waals surface area contributed by atoms with E-state index < -0.39 is 12.6 Å². The Morgan fingerprint density at radius 2 is 2.06 bits per heavy atom. The van der Waals surface area contributed by atoms with Gasteiger partial charge in [0.15, 0.2) is 0 Å². The van der Waals surface area contributed by atoms with E-state index in [0.29, 0.717) is 5.92 Å². The van der Waals surface area contributed by atoms with Gasteiger partial charge in [-0.2, -0.15) is 13.2 Å². The molecule has 18 heavy (non-hydrogen) atoms. The summed E-state index contributed by atoms with van der Waals surface area (Å²) in [5.74, 6) is 0.423. The van der Waals surface area contributed by atoms with Gasteiger partial charge in [0.1, 0.15) is 0 Å². The van der Waals surface area contributed by atoms with Gasteiger partial charge in [0.25, 0.3) is 0 Å². The van der Waals surface area contributed by atoms with Gasteiger partial charge in [-0.1, -0.05) is 24.3 Å². The molecule has 0 saturated heterocycles. The van der Waals surface area contributed by atoms with E-state index in [2.05, 4.69) is 17.4 Å². The summed E-state index contributed by atoms with van der Waals surface area (Å²) in [6.07, 6.45) is -2.79. The zero-order valence-corrected chi connectivity index (χ0v) is 10.4. The summed E-state index contributed by atoms with van der Waals surface area (Å²) in [4.78, 5) is 0. The molecule has 0 heterocycles. The van der Waals surface area contributed by atoms with Gasteiger partial charge >= 0.3 is 6.18 Å². The molecule has 0 saturated carbocycles. The average Bonchev–Trinajstić information content (AvgIpc) is 2.28. The Bertz CT molecular complexity index is 400. The first kappa shape index (κ1) is 13.4. The van der Waals surface area contributed by atoms with E-state index in [9.17, 15) is 13.2 Å². The zero-order chi connectivity index (χ0) is 13.2. The van der Waals surface area contributed by atoms with Crippen molar-refractivity contribution in [3.05, 3.63) is 35.4 Å². The zero-order valence-electron chi connectivity index (χ0n) is 10.4. The van der Waals surface area contributed by atoms with Crippen molar-refractivity contribution >= 4 is 0 Å². The van der Waals surface area contributed by atoms with Crippen LogP contribution in [0.3, 0.4) is 0 Å². The molecule has 1 aliphatic rings. The van der Waals surface area contributed by atoms with Crippen LogP contribution in [0.15, 0.2) is 24.3 Å². The highest BCUT2D eigenvalue weighted by molar-refractivity contribution is 5.39. The second-order valence-electron chi connectivity index (χ2n) is 4.98. The number of halogens is 3. The molecule has 0 aromatic heterocycles. The van der Waals surface area contributed by atoms with Crippen LogP contribution in [0.4, 0.5) is 13.2 Å². The average molecular weight is 257 g/mol. The highest BCUT2D eigenvalue weighted by Crippen LogP contribution is 2.38. The maximum atomic E-state index is 12.2. The van der Waals surface area contributed by atoms with E-state index in [1.807, 2.05) is 12.1 Å². The predicted molar refractivity (Wildman–Crippen MR) is 65.6 cm³/mol. The molecular weight excluding hydrogens is 239 g/mol. The minimum atomic E-state index is -4.05. The van der Waals surface area contributed by atoms with E-state index in [0.717, 1.165) is 12.8 Å². The number of hydrogen-bond acceptors (Lipinski definition) is 1. The van der Waals surface area contributed by atoms with Gasteiger partial charge in [-0.3, -0.25) is 0 Å². The van der Waals surface area contributed by atoms with Crippen molar-refractivity contribution < 1.29 is 13.2 Å². The molecule has 0 amide bonds. The summed E-state index contributed by atoms with van der Waals surface area (Å²) in [6.45, 7) is 0. The fourth-order valence-electron chi connectivity index (χ4n) is 2.63. The van der Waals surface area contributed by atoms with Crippen LogP contribution in [0, 0.1) is 0 Å². The summed E-state index contributed by atoms with van der Waals surface area (Å²) in [7, 11) is 1.74. The molecule has 2 unspecified atom stereocenters. The minimum Gasteiger partial charge on any atom is -0.317 e. The van der Waals surface area contributed by atoms with Crippen molar-refractivity contribution in [3.63, 3.8) is 0 Å². The highest BCUT2D eigenvalue weighted by Gasteiger charge is 2.31. The maximum Gasteiger partial charge on any atom is 0.389 e. The van der Waals surface area contributed by atoms with E-state index in [4.69, 9.17) is 0 Å². The number of benzene rings is 1. The molecule has 0 radical (unpaired) electrons. The molecule has 1 aromatic rings. The molecular formula is C14H18F3N. The number of fused-ring (bicyclic) bond motifs is 1. The normalized spacial score (nSPS) is 20.1. The number of rotatable bonds is 5. The second-order valence-corrected chi connectivity index (χ2v) is 4.98. The molecule has 1 aliphatic carbocycles. The van der Waals surface area contributed by atoms with Gasteiger partial charge in [-0.15, -0.1) is 0 Å². The fraction of sp³-hybridized carbons (Fsp3) is 0.571. The minimum absolute atomic E-state index is 0.0509. The van der Waals surface area contributed by atoms with E-state index in [1.54, 1.807) is 7.05 Å². The predicted octanol–water partition coefficient (Wildman–Crippen LogP) is 3.65.